The molecule has 118 valence electrons. The highest BCUT2D eigenvalue weighted by molar-refractivity contribution is 5.78. The average molecular weight is 312 g/mol. The zero-order valence-corrected chi connectivity index (χ0v) is 11.7. The van der Waals surface area contributed by atoms with Crippen LogP contribution in [0.3, 0.4) is 0 Å². The van der Waals surface area contributed by atoms with Crippen LogP contribution < -0.4 is 11.2 Å². The second-order valence-electron chi connectivity index (χ2n) is 5.66. The third-order valence-corrected chi connectivity index (χ3v) is 4.20. The van der Waals surface area contributed by atoms with Crippen molar-refractivity contribution in [2.24, 2.45) is 0 Å². The number of aromatic amines is 1. The number of benzene rings is 1. The molecule has 2 aromatic rings. The first-order valence-corrected chi connectivity index (χ1v) is 7.24. The molecule has 1 N–H and O–H groups in total. The Morgan fingerprint density at radius 2 is 1.77 bits per heavy atom. The molecule has 4 nitrogen and oxygen atoms in total. The SMILES string of the molecule is O=c1[nH]c2ccc(C(F)(F)F)cc2c(=O)n1C1CCCCC1. The number of halogens is 3. The monoisotopic (exact) mass is 312 g/mol. The van der Waals surface area contributed by atoms with Gasteiger partial charge in [-0.05, 0) is 31.0 Å². The lowest BCUT2D eigenvalue weighted by molar-refractivity contribution is -0.137. The predicted molar refractivity (Wildman–Crippen MR) is 76.0 cm³/mol. The summed E-state index contributed by atoms with van der Waals surface area (Å²) in [7, 11) is 0. The molecule has 0 unspecified atom stereocenters. The molecule has 1 fully saturated rings. The van der Waals surface area contributed by atoms with Crippen LogP contribution in [0.5, 0.6) is 0 Å². The van der Waals surface area contributed by atoms with Crippen LogP contribution in [0, 0.1) is 0 Å². The van der Waals surface area contributed by atoms with Gasteiger partial charge in [0.05, 0.1) is 16.5 Å². The molecule has 1 aromatic carbocycles. The summed E-state index contributed by atoms with van der Waals surface area (Å²) < 4.78 is 39.5. The fraction of sp³-hybridized carbons (Fsp3) is 0.467. The summed E-state index contributed by atoms with van der Waals surface area (Å²) in [4.78, 5) is 27.1. The molecule has 1 saturated carbocycles. The Bertz CT molecular complexity index is 814. The molecule has 0 amide bonds. The fourth-order valence-electron chi connectivity index (χ4n) is 3.07. The number of aromatic nitrogens is 2. The van der Waals surface area contributed by atoms with Crippen molar-refractivity contribution in [1.29, 1.82) is 0 Å². The summed E-state index contributed by atoms with van der Waals surface area (Å²) in [6.07, 6.45) is -0.239. The van der Waals surface area contributed by atoms with Crippen molar-refractivity contribution in [3.63, 3.8) is 0 Å². The number of H-pyrrole nitrogens is 1. The number of hydrogen-bond donors (Lipinski definition) is 1. The lowest BCUT2D eigenvalue weighted by Crippen LogP contribution is -2.38. The molecule has 0 radical (unpaired) electrons. The quantitative estimate of drug-likeness (QED) is 0.879. The van der Waals surface area contributed by atoms with Crippen molar-refractivity contribution >= 4 is 10.9 Å². The van der Waals surface area contributed by atoms with Crippen LogP contribution in [0.4, 0.5) is 13.2 Å². The second kappa shape index (κ2) is 5.30. The summed E-state index contributed by atoms with van der Waals surface area (Å²) >= 11 is 0. The van der Waals surface area contributed by atoms with Crippen LogP contribution in [0.2, 0.25) is 0 Å². The molecule has 0 aliphatic heterocycles. The fourth-order valence-corrected chi connectivity index (χ4v) is 3.07. The van der Waals surface area contributed by atoms with E-state index in [0.717, 1.165) is 42.0 Å². The molecule has 1 aromatic heterocycles. The van der Waals surface area contributed by atoms with E-state index in [4.69, 9.17) is 0 Å². The Morgan fingerprint density at radius 1 is 1.09 bits per heavy atom. The molecule has 0 atom stereocenters. The van der Waals surface area contributed by atoms with Gasteiger partial charge in [0.25, 0.3) is 5.56 Å². The van der Waals surface area contributed by atoms with Gasteiger partial charge >= 0.3 is 11.9 Å². The molecule has 7 heteroatoms. The van der Waals surface area contributed by atoms with E-state index in [-0.39, 0.29) is 16.9 Å². The Labute approximate surface area is 123 Å². The van der Waals surface area contributed by atoms with Gasteiger partial charge in [-0.1, -0.05) is 19.3 Å². The predicted octanol–water partition coefficient (Wildman–Crippen LogP) is 3.21. The van der Waals surface area contributed by atoms with E-state index in [0.29, 0.717) is 12.8 Å². The van der Waals surface area contributed by atoms with E-state index in [1.165, 1.54) is 0 Å². The number of fused-ring (bicyclic) bond motifs is 1. The minimum Gasteiger partial charge on any atom is -0.307 e. The molecule has 1 aliphatic carbocycles. The van der Waals surface area contributed by atoms with Crippen molar-refractivity contribution in [1.82, 2.24) is 9.55 Å². The average Bonchev–Trinajstić information content (AvgIpc) is 2.47. The lowest BCUT2D eigenvalue weighted by Gasteiger charge is -2.23. The maximum Gasteiger partial charge on any atom is 0.416 e. The summed E-state index contributed by atoms with van der Waals surface area (Å²) in [6, 6.07) is 2.57. The van der Waals surface area contributed by atoms with Crippen LogP contribution in [0.1, 0.15) is 43.7 Å². The number of hydrogen-bond acceptors (Lipinski definition) is 2. The number of alkyl halides is 3. The van der Waals surface area contributed by atoms with Gasteiger partial charge in [-0.2, -0.15) is 13.2 Å². The van der Waals surface area contributed by atoms with Gasteiger partial charge in [-0.25, -0.2) is 4.79 Å². The molecule has 1 heterocycles. The second-order valence-corrected chi connectivity index (χ2v) is 5.66. The first-order valence-electron chi connectivity index (χ1n) is 7.24. The summed E-state index contributed by atoms with van der Waals surface area (Å²) in [5.74, 6) is 0. The van der Waals surface area contributed by atoms with E-state index in [9.17, 15) is 22.8 Å². The van der Waals surface area contributed by atoms with Gasteiger partial charge in [-0.15, -0.1) is 0 Å². The van der Waals surface area contributed by atoms with Crippen molar-refractivity contribution in [3.8, 4) is 0 Å². The number of nitrogens with one attached hydrogen (secondary N) is 1. The highest BCUT2D eigenvalue weighted by Crippen LogP contribution is 2.30. The molecule has 3 rings (SSSR count). The van der Waals surface area contributed by atoms with Crippen LogP contribution in [0.15, 0.2) is 27.8 Å². The minimum atomic E-state index is -4.52. The Kier molecular flexibility index (Phi) is 3.58. The summed E-state index contributed by atoms with van der Waals surface area (Å²) in [6.45, 7) is 0. The molecule has 0 saturated heterocycles. The first-order chi connectivity index (χ1) is 10.4. The summed E-state index contributed by atoms with van der Waals surface area (Å²) in [5.41, 5.74) is -1.95. The smallest absolute Gasteiger partial charge is 0.307 e. The molecule has 22 heavy (non-hydrogen) atoms. The first kappa shape index (κ1) is 14.9. The van der Waals surface area contributed by atoms with Crippen molar-refractivity contribution in [2.75, 3.05) is 0 Å². The van der Waals surface area contributed by atoms with Crippen molar-refractivity contribution < 1.29 is 13.2 Å². The minimum absolute atomic E-state index is 0.0972. The lowest BCUT2D eigenvalue weighted by atomic mass is 9.95. The van der Waals surface area contributed by atoms with E-state index < -0.39 is 23.0 Å². The highest BCUT2D eigenvalue weighted by atomic mass is 19.4. The zero-order valence-electron chi connectivity index (χ0n) is 11.7. The molecule has 0 spiro atoms. The molecular weight excluding hydrogens is 297 g/mol. The van der Waals surface area contributed by atoms with Crippen LogP contribution in [-0.2, 0) is 6.18 Å². The van der Waals surface area contributed by atoms with E-state index >= 15 is 0 Å². The van der Waals surface area contributed by atoms with Gasteiger partial charge in [0.2, 0.25) is 0 Å². The van der Waals surface area contributed by atoms with E-state index in [1.807, 2.05) is 0 Å². The van der Waals surface area contributed by atoms with Crippen molar-refractivity contribution in [3.05, 3.63) is 44.6 Å². The van der Waals surface area contributed by atoms with Gasteiger partial charge in [0, 0.05) is 6.04 Å². The molecule has 0 bridgehead atoms. The van der Waals surface area contributed by atoms with Crippen LogP contribution in [-0.4, -0.2) is 9.55 Å². The molecule has 1 aliphatic rings. The molecular formula is C15H15F3N2O2. The number of rotatable bonds is 1. The standard InChI is InChI=1S/C15H15F3N2O2/c16-15(17,18)9-6-7-12-11(8-9)13(21)20(14(22)19-12)10-4-2-1-3-5-10/h6-8,10H,1-5H2,(H,19,22). The van der Waals surface area contributed by atoms with Crippen molar-refractivity contribution in [2.45, 2.75) is 44.3 Å². The topological polar surface area (TPSA) is 54.9 Å². The van der Waals surface area contributed by atoms with Gasteiger partial charge in [0.1, 0.15) is 0 Å². The van der Waals surface area contributed by atoms with Gasteiger partial charge < -0.3 is 4.98 Å². The Hall–Kier alpha value is -2.05. The van der Waals surface area contributed by atoms with Gasteiger partial charge in [0.15, 0.2) is 0 Å². The van der Waals surface area contributed by atoms with Gasteiger partial charge in [-0.3, -0.25) is 9.36 Å². The Balaban J connectivity index is 2.21. The zero-order chi connectivity index (χ0) is 15.9. The van der Waals surface area contributed by atoms with E-state index in [1.54, 1.807) is 0 Å². The van der Waals surface area contributed by atoms with E-state index in [2.05, 4.69) is 4.98 Å². The summed E-state index contributed by atoms with van der Waals surface area (Å²) in [5, 5.41) is -0.0972. The van der Waals surface area contributed by atoms with Crippen LogP contribution >= 0.6 is 0 Å². The highest BCUT2D eigenvalue weighted by Gasteiger charge is 2.31. The Morgan fingerprint density at radius 3 is 2.41 bits per heavy atom. The van der Waals surface area contributed by atoms with Crippen LogP contribution in [0.25, 0.3) is 10.9 Å². The maximum atomic E-state index is 12.8. The normalized spacial score (nSPS) is 17.0. The third kappa shape index (κ3) is 2.55. The number of nitrogens with zero attached hydrogens (tertiary/aromatic N) is 1. The maximum absolute atomic E-state index is 12.8. The largest absolute Gasteiger partial charge is 0.416 e. The third-order valence-electron chi connectivity index (χ3n) is 4.20.